The third-order valence-corrected chi connectivity index (χ3v) is 6.77. The summed E-state index contributed by atoms with van der Waals surface area (Å²) in [7, 11) is 0. The van der Waals surface area contributed by atoms with E-state index in [4.69, 9.17) is 12.2 Å². The molecule has 1 saturated heterocycles. The Morgan fingerprint density at radius 3 is 2.43 bits per heavy atom. The van der Waals surface area contributed by atoms with Crippen molar-refractivity contribution in [3.63, 3.8) is 0 Å². The Morgan fingerprint density at radius 2 is 1.75 bits per heavy atom. The summed E-state index contributed by atoms with van der Waals surface area (Å²) in [6.45, 7) is 4.89. The SMILES string of the molecule is CCN1C(=O)C(=C2SC(=S)N(Cc3ccc(C)cc3)C2=O)c2cc(Br)ccc21. The normalized spacial score (nSPS) is 19.0. The molecule has 142 valence electrons. The minimum absolute atomic E-state index is 0.147. The Bertz CT molecular complexity index is 1050. The van der Waals surface area contributed by atoms with Gasteiger partial charge in [-0.25, -0.2) is 0 Å². The number of amides is 2. The maximum absolute atomic E-state index is 13.2. The van der Waals surface area contributed by atoms with Crippen molar-refractivity contribution < 1.29 is 9.59 Å². The maximum atomic E-state index is 13.2. The Labute approximate surface area is 181 Å². The molecule has 0 unspecified atom stereocenters. The molecule has 4 rings (SSSR count). The van der Waals surface area contributed by atoms with E-state index in [-0.39, 0.29) is 11.8 Å². The molecular formula is C21H17BrN2O2S2. The van der Waals surface area contributed by atoms with Crippen LogP contribution in [0.1, 0.15) is 23.6 Å². The van der Waals surface area contributed by atoms with Crippen LogP contribution in [0.3, 0.4) is 0 Å². The predicted octanol–water partition coefficient (Wildman–Crippen LogP) is 4.90. The zero-order chi connectivity index (χ0) is 20.0. The number of carbonyl (C=O) groups is 2. The molecule has 2 aliphatic heterocycles. The molecule has 0 atom stereocenters. The van der Waals surface area contributed by atoms with E-state index in [9.17, 15) is 9.59 Å². The molecule has 0 N–H and O–H groups in total. The van der Waals surface area contributed by atoms with Crippen molar-refractivity contribution in [2.45, 2.75) is 20.4 Å². The smallest absolute Gasteiger partial charge is 0.267 e. The van der Waals surface area contributed by atoms with Crippen LogP contribution in [-0.4, -0.2) is 27.6 Å². The number of anilines is 1. The summed E-state index contributed by atoms with van der Waals surface area (Å²) in [5, 5.41) is 0. The molecule has 7 heteroatoms. The fraction of sp³-hybridized carbons (Fsp3) is 0.190. The van der Waals surface area contributed by atoms with Crippen LogP contribution in [0.2, 0.25) is 0 Å². The predicted molar refractivity (Wildman–Crippen MR) is 121 cm³/mol. The van der Waals surface area contributed by atoms with Crippen molar-refractivity contribution in [1.82, 2.24) is 4.90 Å². The molecule has 0 spiro atoms. The number of hydrogen-bond acceptors (Lipinski definition) is 4. The number of thioether (sulfide) groups is 1. The molecule has 1 fully saturated rings. The van der Waals surface area contributed by atoms with E-state index in [1.54, 1.807) is 9.80 Å². The molecule has 2 aliphatic rings. The average molecular weight is 473 g/mol. The van der Waals surface area contributed by atoms with Gasteiger partial charge in [0.2, 0.25) is 0 Å². The highest BCUT2D eigenvalue weighted by Crippen LogP contribution is 2.45. The maximum Gasteiger partial charge on any atom is 0.267 e. The molecule has 0 bridgehead atoms. The Balaban J connectivity index is 1.75. The number of thiocarbonyl (C=S) groups is 1. The van der Waals surface area contributed by atoms with Crippen LogP contribution in [0.25, 0.3) is 5.57 Å². The fourth-order valence-electron chi connectivity index (χ4n) is 3.40. The van der Waals surface area contributed by atoms with Gasteiger partial charge in [0.15, 0.2) is 0 Å². The van der Waals surface area contributed by atoms with Crippen molar-refractivity contribution in [3.8, 4) is 0 Å². The van der Waals surface area contributed by atoms with Gasteiger partial charge in [-0.2, -0.15) is 0 Å². The third kappa shape index (κ3) is 3.21. The van der Waals surface area contributed by atoms with Crippen molar-refractivity contribution in [2.24, 2.45) is 0 Å². The first-order valence-corrected chi connectivity index (χ1v) is 10.9. The topological polar surface area (TPSA) is 40.6 Å². The zero-order valence-corrected chi connectivity index (χ0v) is 18.6. The molecule has 0 aliphatic carbocycles. The average Bonchev–Trinajstić information content (AvgIpc) is 3.09. The molecule has 0 aromatic heterocycles. The highest BCUT2D eigenvalue weighted by atomic mass is 79.9. The molecule has 0 radical (unpaired) electrons. The number of likely N-dealkylation sites (N-methyl/N-ethyl adjacent to an activating group) is 1. The van der Waals surface area contributed by atoms with E-state index in [1.165, 1.54) is 11.8 Å². The van der Waals surface area contributed by atoms with E-state index in [0.29, 0.717) is 27.9 Å². The van der Waals surface area contributed by atoms with Gasteiger partial charge in [0.1, 0.15) is 4.32 Å². The number of carbonyl (C=O) groups excluding carboxylic acids is 2. The summed E-state index contributed by atoms with van der Waals surface area (Å²) in [6.07, 6.45) is 0. The van der Waals surface area contributed by atoms with Crippen molar-refractivity contribution in [2.75, 3.05) is 11.4 Å². The number of halogens is 1. The Hall–Kier alpha value is -1.96. The molecule has 2 heterocycles. The van der Waals surface area contributed by atoms with Crippen LogP contribution in [0.4, 0.5) is 5.69 Å². The second-order valence-corrected chi connectivity index (χ2v) is 9.22. The van der Waals surface area contributed by atoms with Crippen LogP contribution in [-0.2, 0) is 16.1 Å². The van der Waals surface area contributed by atoms with E-state index in [2.05, 4.69) is 15.9 Å². The first kappa shape index (κ1) is 19.4. The lowest BCUT2D eigenvalue weighted by Gasteiger charge is -2.15. The van der Waals surface area contributed by atoms with Gasteiger partial charge in [-0.05, 0) is 37.6 Å². The number of fused-ring (bicyclic) bond motifs is 1. The van der Waals surface area contributed by atoms with Gasteiger partial charge >= 0.3 is 0 Å². The molecule has 0 saturated carbocycles. The van der Waals surface area contributed by atoms with Gasteiger partial charge < -0.3 is 4.90 Å². The zero-order valence-electron chi connectivity index (χ0n) is 15.4. The fourth-order valence-corrected chi connectivity index (χ4v) is 5.09. The van der Waals surface area contributed by atoms with E-state index in [0.717, 1.165) is 26.9 Å². The second kappa shape index (κ2) is 7.46. The highest BCUT2D eigenvalue weighted by Gasteiger charge is 2.41. The summed E-state index contributed by atoms with van der Waals surface area (Å²) in [5.41, 5.74) is 4.22. The molecule has 2 amide bonds. The van der Waals surface area contributed by atoms with E-state index >= 15 is 0 Å². The van der Waals surface area contributed by atoms with Crippen molar-refractivity contribution in [1.29, 1.82) is 0 Å². The van der Waals surface area contributed by atoms with Crippen LogP contribution in [0.15, 0.2) is 51.8 Å². The van der Waals surface area contributed by atoms with Crippen molar-refractivity contribution >= 4 is 67.3 Å². The molecule has 28 heavy (non-hydrogen) atoms. The lowest BCUT2D eigenvalue weighted by Crippen LogP contribution is -2.29. The van der Waals surface area contributed by atoms with E-state index in [1.807, 2.05) is 56.3 Å². The summed E-state index contributed by atoms with van der Waals surface area (Å²) >= 11 is 10.2. The Kier molecular flexibility index (Phi) is 5.16. The number of rotatable bonds is 3. The third-order valence-electron chi connectivity index (χ3n) is 4.83. The lowest BCUT2D eigenvalue weighted by atomic mass is 10.1. The summed E-state index contributed by atoms with van der Waals surface area (Å²) < 4.78 is 1.34. The Morgan fingerprint density at radius 1 is 1.04 bits per heavy atom. The first-order valence-electron chi connectivity index (χ1n) is 8.86. The number of hydrogen-bond donors (Lipinski definition) is 0. The largest absolute Gasteiger partial charge is 0.308 e. The summed E-state index contributed by atoms with van der Waals surface area (Å²) in [6, 6.07) is 13.7. The second-order valence-electron chi connectivity index (χ2n) is 6.66. The first-order chi connectivity index (χ1) is 13.4. The summed E-state index contributed by atoms with van der Waals surface area (Å²) in [5.74, 6) is -0.353. The number of nitrogens with zero attached hydrogens (tertiary/aromatic N) is 2. The minimum atomic E-state index is -0.206. The molecule has 2 aromatic rings. The molecule has 4 nitrogen and oxygen atoms in total. The quantitative estimate of drug-likeness (QED) is 0.470. The van der Waals surface area contributed by atoms with Crippen molar-refractivity contribution in [3.05, 3.63) is 68.5 Å². The van der Waals surface area contributed by atoms with Gasteiger partial charge in [-0.15, -0.1) is 0 Å². The monoisotopic (exact) mass is 472 g/mol. The minimum Gasteiger partial charge on any atom is -0.308 e. The molecular weight excluding hydrogens is 456 g/mol. The van der Waals surface area contributed by atoms with Crippen LogP contribution < -0.4 is 4.90 Å². The number of aryl methyl sites for hydroxylation is 1. The van der Waals surface area contributed by atoms with Gasteiger partial charge in [0, 0.05) is 16.6 Å². The number of benzene rings is 2. The van der Waals surface area contributed by atoms with Gasteiger partial charge in [-0.1, -0.05) is 69.7 Å². The van der Waals surface area contributed by atoms with Crippen LogP contribution >= 0.6 is 39.9 Å². The summed E-state index contributed by atoms with van der Waals surface area (Å²) in [4.78, 5) is 29.9. The van der Waals surface area contributed by atoms with Crippen LogP contribution in [0.5, 0.6) is 0 Å². The van der Waals surface area contributed by atoms with Gasteiger partial charge in [0.05, 0.1) is 22.7 Å². The van der Waals surface area contributed by atoms with Crippen LogP contribution in [0, 0.1) is 6.92 Å². The standard InChI is InChI=1S/C21H17BrN2O2S2/c1-3-23-16-9-8-14(22)10-15(16)17(19(23)25)18-20(26)24(21(27)28-18)11-13-6-4-12(2)5-7-13/h4-10H,3,11H2,1-2H3. The highest BCUT2D eigenvalue weighted by molar-refractivity contribution is 9.10. The van der Waals surface area contributed by atoms with Gasteiger partial charge in [-0.3, -0.25) is 14.5 Å². The molecule has 2 aromatic carbocycles. The lowest BCUT2D eigenvalue weighted by molar-refractivity contribution is -0.122. The van der Waals surface area contributed by atoms with E-state index < -0.39 is 0 Å². The van der Waals surface area contributed by atoms with Gasteiger partial charge in [0.25, 0.3) is 11.8 Å².